The number of halogens is 3. The van der Waals surface area contributed by atoms with Crippen LogP contribution in [0.15, 0.2) is 0 Å². The lowest BCUT2D eigenvalue weighted by molar-refractivity contribution is -0.134. The van der Waals surface area contributed by atoms with E-state index in [4.69, 9.17) is 11.6 Å². The molecule has 0 aromatic heterocycles. The first-order chi connectivity index (χ1) is 6.15. The lowest BCUT2D eigenvalue weighted by atomic mass is 10.3. The summed E-state index contributed by atoms with van der Waals surface area (Å²) in [5.74, 6) is 0.0356. The SMILES string of the molecule is O=C(C1CC1)N(CCCl)CC(F)F. The van der Waals surface area contributed by atoms with Gasteiger partial charge < -0.3 is 4.90 Å². The Morgan fingerprint density at radius 1 is 1.54 bits per heavy atom. The average molecular weight is 212 g/mol. The van der Waals surface area contributed by atoms with Crippen LogP contribution in [0.25, 0.3) is 0 Å². The van der Waals surface area contributed by atoms with Gasteiger partial charge in [0.05, 0.1) is 6.54 Å². The third-order valence-electron chi connectivity index (χ3n) is 1.95. The van der Waals surface area contributed by atoms with E-state index >= 15 is 0 Å². The second-order valence-electron chi connectivity index (χ2n) is 3.14. The second-order valence-corrected chi connectivity index (χ2v) is 3.52. The molecule has 1 amide bonds. The predicted molar refractivity (Wildman–Crippen MR) is 46.0 cm³/mol. The first-order valence-electron chi connectivity index (χ1n) is 4.28. The summed E-state index contributed by atoms with van der Waals surface area (Å²) in [6, 6.07) is 0. The normalized spacial score (nSPS) is 16.3. The monoisotopic (exact) mass is 211 g/mol. The van der Waals surface area contributed by atoms with Crippen molar-refractivity contribution in [3.05, 3.63) is 0 Å². The fourth-order valence-electron chi connectivity index (χ4n) is 1.15. The van der Waals surface area contributed by atoms with Crippen molar-refractivity contribution in [1.82, 2.24) is 4.90 Å². The van der Waals surface area contributed by atoms with Gasteiger partial charge in [0.25, 0.3) is 6.43 Å². The molecule has 76 valence electrons. The van der Waals surface area contributed by atoms with Crippen LogP contribution in [0.3, 0.4) is 0 Å². The van der Waals surface area contributed by atoms with Gasteiger partial charge in [0.1, 0.15) is 0 Å². The Balaban J connectivity index is 2.39. The maximum Gasteiger partial charge on any atom is 0.255 e. The highest BCUT2D eigenvalue weighted by Crippen LogP contribution is 2.31. The molecule has 0 heterocycles. The molecule has 0 aromatic rings. The van der Waals surface area contributed by atoms with Crippen molar-refractivity contribution in [1.29, 1.82) is 0 Å². The summed E-state index contributed by atoms with van der Waals surface area (Å²) >= 11 is 5.41. The number of carbonyl (C=O) groups is 1. The molecule has 2 nitrogen and oxygen atoms in total. The van der Waals surface area contributed by atoms with Crippen LogP contribution in [-0.4, -0.2) is 36.2 Å². The third kappa shape index (κ3) is 3.46. The lowest BCUT2D eigenvalue weighted by Gasteiger charge is -2.20. The number of nitrogens with zero attached hydrogens (tertiary/aromatic N) is 1. The van der Waals surface area contributed by atoms with Gasteiger partial charge in [-0.1, -0.05) is 0 Å². The highest BCUT2D eigenvalue weighted by Gasteiger charge is 2.33. The molecule has 1 aliphatic carbocycles. The summed E-state index contributed by atoms with van der Waals surface area (Å²) in [4.78, 5) is 12.5. The molecule has 1 fully saturated rings. The highest BCUT2D eigenvalue weighted by atomic mass is 35.5. The molecule has 1 rings (SSSR count). The average Bonchev–Trinajstić information content (AvgIpc) is 2.84. The van der Waals surface area contributed by atoms with E-state index < -0.39 is 13.0 Å². The smallest absolute Gasteiger partial charge is 0.255 e. The molecular weight excluding hydrogens is 200 g/mol. The maximum absolute atomic E-state index is 12.0. The van der Waals surface area contributed by atoms with Gasteiger partial charge in [0.15, 0.2) is 0 Å². The highest BCUT2D eigenvalue weighted by molar-refractivity contribution is 6.18. The molecule has 0 aromatic carbocycles. The Bertz CT molecular complexity index is 185. The summed E-state index contributed by atoms with van der Waals surface area (Å²) in [5, 5.41) is 0. The molecule has 5 heteroatoms. The molecule has 0 atom stereocenters. The molecule has 0 unspecified atom stereocenters. The zero-order valence-electron chi connectivity index (χ0n) is 7.18. The van der Waals surface area contributed by atoms with Crippen LogP contribution < -0.4 is 0 Å². The van der Waals surface area contributed by atoms with Crippen molar-refractivity contribution < 1.29 is 13.6 Å². The van der Waals surface area contributed by atoms with Gasteiger partial charge in [-0.25, -0.2) is 8.78 Å². The van der Waals surface area contributed by atoms with Crippen molar-refractivity contribution in [2.75, 3.05) is 19.0 Å². The van der Waals surface area contributed by atoms with Crippen molar-refractivity contribution in [3.8, 4) is 0 Å². The Hall–Kier alpha value is -0.380. The van der Waals surface area contributed by atoms with Crippen molar-refractivity contribution >= 4 is 17.5 Å². The summed E-state index contributed by atoms with van der Waals surface area (Å²) < 4.78 is 24.0. The summed E-state index contributed by atoms with van der Waals surface area (Å²) in [7, 11) is 0. The van der Waals surface area contributed by atoms with E-state index in [0.29, 0.717) is 0 Å². The summed E-state index contributed by atoms with van der Waals surface area (Å²) in [6.45, 7) is -0.261. The molecule has 0 bridgehead atoms. The minimum Gasteiger partial charge on any atom is -0.336 e. The number of alkyl halides is 3. The van der Waals surface area contributed by atoms with E-state index in [0.717, 1.165) is 17.7 Å². The zero-order valence-corrected chi connectivity index (χ0v) is 7.94. The summed E-state index contributed by atoms with van der Waals surface area (Å²) in [5.41, 5.74) is 0. The maximum atomic E-state index is 12.0. The quantitative estimate of drug-likeness (QED) is 0.635. The summed E-state index contributed by atoms with van der Waals surface area (Å²) in [6.07, 6.45) is -0.798. The standard InChI is InChI=1S/C8H12ClF2NO/c9-3-4-12(5-7(10)11)8(13)6-1-2-6/h6-7H,1-5H2. The van der Waals surface area contributed by atoms with Gasteiger partial charge in [0, 0.05) is 18.3 Å². The fraction of sp³-hybridized carbons (Fsp3) is 0.875. The minimum atomic E-state index is -2.47. The van der Waals surface area contributed by atoms with E-state index in [9.17, 15) is 13.6 Å². The topological polar surface area (TPSA) is 20.3 Å². The van der Waals surface area contributed by atoms with E-state index in [1.54, 1.807) is 0 Å². The molecule has 13 heavy (non-hydrogen) atoms. The molecule has 0 spiro atoms. The van der Waals surface area contributed by atoms with Crippen molar-refractivity contribution in [3.63, 3.8) is 0 Å². The van der Waals surface area contributed by atoms with Crippen molar-refractivity contribution in [2.24, 2.45) is 5.92 Å². The molecule has 0 N–H and O–H groups in total. The van der Waals surface area contributed by atoms with E-state index in [2.05, 4.69) is 0 Å². The molecule has 1 aliphatic rings. The van der Waals surface area contributed by atoms with Crippen LogP contribution in [-0.2, 0) is 4.79 Å². The van der Waals surface area contributed by atoms with Gasteiger partial charge in [0.2, 0.25) is 5.91 Å². The van der Waals surface area contributed by atoms with E-state index in [1.807, 2.05) is 0 Å². The molecule has 0 radical (unpaired) electrons. The Morgan fingerprint density at radius 3 is 2.54 bits per heavy atom. The first kappa shape index (κ1) is 10.7. The molecular formula is C8H12ClF2NO. The van der Waals surface area contributed by atoms with Gasteiger partial charge in [-0.2, -0.15) is 0 Å². The van der Waals surface area contributed by atoms with Crippen LogP contribution in [0, 0.1) is 5.92 Å². The number of hydrogen-bond donors (Lipinski definition) is 0. The molecule has 1 saturated carbocycles. The van der Waals surface area contributed by atoms with E-state index in [1.165, 1.54) is 0 Å². The number of carbonyl (C=O) groups excluding carboxylic acids is 1. The van der Waals surface area contributed by atoms with Crippen molar-refractivity contribution in [2.45, 2.75) is 19.3 Å². The third-order valence-corrected chi connectivity index (χ3v) is 2.12. The zero-order chi connectivity index (χ0) is 9.84. The Labute approximate surface area is 80.8 Å². The largest absolute Gasteiger partial charge is 0.336 e. The van der Waals surface area contributed by atoms with Crippen LogP contribution >= 0.6 is 11.6 Å². The van der Waals surface area contributed by atoms with Gasteiger partial charge >= 0.3 is 0 Å². The van der Waals surface area contributed by atoms with E-state index in [-0.39, 0.29) is 24.2 Å². The predicted octanol–water partition coefficient (Wildman–Crippen LogP) is 1.73. The Kier molecular flexibility index (Phi) is 3.90. The van der Waals surface area contributed by atoms with Crippen LogP contribution in [0.1, 0.15) is 12.8 Å². The van der Waals surface area contributed by atoms with Gasteiger partial charge in [-0.3, -0.25) is 4.79 Å². The number of hydrogen-bond acceptors (Lipinski definition) is 1. The van der Waals surface area contributed by atoms with Gasteiger partial charge in [-0.15, -0.1) is 11.6 Å². The number of rotatable bonds is 5. The van der Waals surface area contributed by atoms with Crippen LogP contribution in [0.2, 0.25) is 0 Å². The second kappa shape index (κ2) is 4.74. The van der Waals surface area contributed by atoms with Gasteiger partial charge in [-0.05, 0) is 12.8 Å². The first-order valence-corrected chi connectivity index (χ1v) is 4.81. The number of amides is 1. The Morgan fingerprint density at radius 2 is 2.15 bits per heavy atom. The lowest BCUT2D eigenvalue weighted by Crippen LogP contribution is -2.37. The minimum absolute atomic E-state index is 0.0121. The molecule has 0 saturated heterocycles. The van der Waals surface area contributed by atoms with Crippen LogP contribution in [0.5, 0.6) is 0 Å². The molecule has 0 aliphatic heterocycles. The fourth-order valence-corrected chi connectivity index (χ4v) is 1.35. The van der Waals surface area contributed by atoms with Crippen LogP contribution in [0.4, 0.5) is 8.78 Å².